The van der Waals surface area contributed by atoms with Crippen molar-refractivity contribution in [2.24, 2.45) is 0 Å². The van der Waals surface area contributed by atoms with E-state index in [1.807, 2.05) is 122 Å². The number of hydrogen-bond acceptors (Lipinski definition) is 3. The molecule has 2 N–H and O–H groups in total. The summed E-state index contributed by atoms with van der Waals surface area (Å²) in [5.74, 6) is -0.00756. The quantitative estimate of drug-likeness (QED) is 0.283. The summed E-state index contributed by atoms with van der Waals surface area (Å²) in [6.07, 6.45) is 0. The lowest BCUT2D eigenvalue weighted by Crippen LogP contribution is -2.32. The van der Waals surface area contributed by atoms with E-state index in [2.05, 4.69) is 10.6 Å². The summed E-state index contributed by atoms with van der Waals surface area (Å²) in [6.45, 7) is 1.91. The normalized spacial score (nSPS) is 11.3. The van der Waals surface area contributed by atoms with Crippen molar-refractivity contribution < 1.29 is 9.59 Å². The van der Waals surface area contributed by atoms with Crippen molar-refractivity contribution in [1.29, 1.82) is 0 Å². The maximum Gasteiger partial charge on any atom is 0.323 e. The van der Waals surface area contributed by atoms with Crippen LogP contribution in [0.4, 0.5) is 27.5 Å². The van der Waals surface area contributed by atoms with Crippen LogP contribution in [-0.2, 0) is 4.79 Å². The number of carbonyl (C=O) groups is 2. The topological polar surface area (TPSA) is 61.4 Å². The molecule has 0 aliphatic heterocycles. The Bertz CT molecular complexity index is 1180. The van der Waals surface area contributed by atoms with Gasteiger partial charge in [0, 0.05) is 27.6 Å². The maximum absolute atomic E-state index is 13.5. The van der Waals surface area contributed by atoms with E-state index in [0.29, 0.717) is 5.69 Å². The van der Waals surface area contributed by atoms with Gasteiger partial charge in [-0.15, -0.1) is 11.8 Å². The van der Waals surface area contributed by atoms with Crippen molar-refractivity contribution in [2.75, 3.05) is 15.5 Å². The number of anilines is 4. The number of urea groups is 1. The number of para-hydroxylation sites is 3. The molecule has 34 heavy (non-hydrogen) atoms. The molecule has 0 aromatic heterocycles. The van der Waals surface area contributed by atoms with Crippen LogP contribution in [0.25, 0.3) is 0 Å². The minimum atomic E-state index is -0.319. The van der Waals surface area contributed by atoms with Gasteiger partial charge in [0.25, 0.3) is 0 Å². The molecular weight excluding hydrogens is 442 g/mol. The van der Waals surface area contributed by atoms with Gasteiger partial charge in [0.2, 0.25) is 5.91 Å². The zero-order valence-electron chi connectivity index (χ0n) is 18.7. The molecule has 1 atom stereocenters. The summed E-state index contributed by atoms with van der Waals surface area (Å²) < 4.78 is 0. The molecule has 0 radical (unpaired) electrons. The molecule has 0 spiro atoms. The first-order chi connectivity index (χ1) is 16.6. The van der Waals surface area contributed by atoms with Gasteiger partial charge in [0.15, 0.2) is 0 Å². The fourth-order valence-electron chi connectivity index (χ4n) is 3.43. The number of amides is 3. The summed E-state index contributed by atoms with van der Waals surface area (Å²) >= 11 is 1.48. The number of nitrogens with one attached hydrogen (secondary N) is 2. The highest BCUT2D eigenvalue weighted by atomic mass is 32.2. The zero-order chi connectivity index (χ0) is 23.8. The van der Waals surface area contributed by atoms with Crippen LogP contribution in [0, 0.1) is 0 Å². The van der Waals surface area contributed by atoms with Gasteiger partial charge in [-0.25, -0.2) is 4.79 Å². The number of rotatable bonds is 7. The first-order valence-electron chi connectivity index (χ1n) is 10.9. The minimum Gasteiger partial charge on any atom is -0.308 e. The summed E-state index contributed by atoms with van der Waals surface area (Å²) in [4.78, 5) is 28.4. The largest absolute Gasteiger partial charge is 0.323 e. The molecule has 3 amide bonds. The van der Waals surface area contributed by atoms with Crippen molar-refractivity contribution in [1.82, 2.24) is 0 Å². The molecule has 1 unspecified atom stereocenters. The SMILES string of the molecule is CC(Sc1ccc(NC(=O)Nc2ccccc2)cc1)C(=O)N(c1ccccc1)c1ccccc1. The Kier molecular flexibility index (Phi) is 7.63. The van der Waals surface area contributed by atoms with Crippen LogP contribution in [0.3, 0.4) is 0 Å². The molecule has 5 nitrogen and oxygen atoms in total. The Labute approximate surface area is 203 Å². The summed E-state index contributed by atoms with van der Waals surface area (Å²) in [5.41, 5.74) is 3.05. The molecule has 0 saturated heterocycles. The monoisotopic (exact) mass is 467 g/mol. The molecule has 0 heterocycles. The highest BCUT2D eigenvalue weighted by Gasteiger charge is 2.24. The van der Waals surface area contributed by atoms with E-state index >= 15 is 0 Å². The predicted molar refractivity (Wildman–Crippen MR) is 141 cm³/mol. The summed E-state index contributed by atoms with van der Waals surface area (Å²) in [7, 11) is 0. The van der Waals surface area contributed by atoms with E-state index in [1.54, 1.807) is 4.90 Å². The fraction of sp³-hybridized carbons (Fsp3) is 0.0714. The Morgan fingerprint density at radius 3 is 1.59 bits per heavy atom. The molecule has 6 heteroatoms. The molecule has 4 rings (SSSR count). The van der Waals surface area contributed by atoms with Gasteiger partial charge in [-0.1, -0.05) is 54.6 Å². The van der Waals surface area contributed by atoms with Crippen molar-refractivity contribution in [2.45, 2.75) is 17.1 Å². The van der Waals surface area contributed by atoms with Gasteiger partial charge < -0.3 is 10.6 Å². The number of carbonyl (C=O) groups excluding carboxylic acids is 2. The smallest absolute Gasteiger partial charge is 0.308 e. The second-order valence-electron chi connectivity index (χ2n) is 7.57. The number of hydrogen-bond donors (Lipinski definition) is 2. The van der Waals surface area contributed by atoms with Crippen molar-refractivity contribution in [3.63, 3.8) is 0 Å². The van der Waals surface area contributed by atoms with Gasteiger partial charge in [-0.3, -0.25) is 9.69 Å². The molecule has 0 saturated carbocycles. The van der Waals surface area contributed by atoms with E-state index < -0.39 is 0 Å². The third-order valence-electron chi connectivity index (χ3n) is 5.05. The van der Waals surface area contributed by atoms with E-state index in [-0.39, 0.29) is 17.2 Å². The third kappa shape index (κ3) is 6.05. The summed E-state index contributed by atoms with van der Waals surface area (Å²) in [5, 5.41) is 5.29. The van der Waals surface area contributed by atoms with Crippen LogP contribution in [0.15, 0.2) is 120 Å². The van der Waals surface area contributed by atoms with Crippen molar-refractivity contribution >= 4 is 46.4 Å². The molecule has 0 aliphatic rings. The van der Waals surface area contributed by atoms with Crippen LogP contribution in [-0.4, -0.2) is 17.2 Å². The van der Waals surface area contributed by atoms with E-state index in [1.165, 1.54) is 11.8 Å². The molecule has 0 fully saturated rings. The average Bonchev–Trinajstić information content (AvgIpc) is 2.87. The fourth-order valence-corrected chi connectivity index (χ4v) is 4.33. The zero-order valence-corrected chi connectivity index (χ0v) is 19.5. The first-order valence-corrected chi connectivity index (χ1v) is 11.8. The van der Waals surface area contributed by atoms with Crippen LogP contribution < -0.4 is 15.5 Å². The Balaban J connectivity index is 1.41. The third-order valence-corrected chi connectivity index (χ3v) is 6.15. The standard InChI is InChI=1S/C28H25N3O2S/c1-21(27(32)31(24-13-7-3-8-14-24)25-15-9-4-10-16-25)34-26-19-17-23(18-20-26)30-28(33)29-22-11-5-2-6-12-22/h2-21H,1H3,(H2,29,30,33). The Morgan fingerprint density at radius 1 is 0.647 bits per heavy atom. The van der Waals surface area contributed by atoms with E-state index in [4.69, 9.17) is 0 Å². The average molecular weight is 468 g/mol. The maximum atomic E-state index is 13.5. The number of thioether (sulfide) groups is 1. The van der Waals surface area contributed by atoms with Gasteiger partial charge in [0.05, 0.1) is 5.25 Å². The lowest BCUT2D eigenvalue weighted by Gasteiger charge is -2.26. The van der Waals surface area contributed by atoms with Gasteiger partial charge in [-0.05, 0) is 67.6 Å². The molecular formula is C28H25N3O2S. The van der Waals surface area contributed by atoms with Gasteiger partial charge in [-0.2, -0.15) is 0 Å². The second-order valence-corrected chi connectivity index (χ2v) is 8.99. The first kappa shape index (κ1) is 23.1. The van der Waals surface area contributed by atoms with Crippen molar-refractivity contribution in [3.05, 3.63) is 115 Å². The Hall–Kier alpha value is -4.03. The van der Waals surface area contributed by atoms with Crippen molar-refractivity contribution in [3.8, 4) is 0 Å². The number of benzene rings is 4. The van der Waals surface area contributed by atoms with Gasteiger partial charge in [0.1, 0.15) is 0 Å². The van der Waals surface area contributed by atoms with E-state index in [9.17, 15) is 9.59 Å². The van der Waals surface area contributed by atoms with Crippen LogP contribution >= 0.6 is 11.8 Å². The Morgan fingerprint density at radius 2 is 1.09 bits per heavy atom. The van der Waals surface area contributed by atoms with Crippen LogP contribution in [0.1, 0.15) is 6.92 Å². The van der Waals surface area contributed by atoms with Gasteiger partial charge >= 0.3 is 6.03 Å². The highest BCUT2D eigenvalue weighted by molar-refractivity contribution is 8.00. The number of nitrogens with zero attached hydrogens (tertiary/aromatic N) is 1. The van der Waals surface area contributed by atoms with E-state index in [0.717, 1.165) is 22.0 Å². The lowest BCUT2D eigenvalue weighted by atomic mass is 10.2. The predicted octanol–water partition coefficient (Wildman–Crippen LogP) is 7.18. The summed E-state index contributed by atoms with van der Waals surface area (Å²) in [6, 6.07) is 35.7. The highest BCUT2D eigenvalue weighted by Crippen LogP contribution is 2.31. The molecule has 0 aliphatic carbocycles. The molecule has 170 valence electrons. The van der Waals surface area contributed by atoms with Crippen LogP contribution in [0.2, 0.25) is 0 Å². The molecule has 4 aromatic carbocycles. The molecule has 0 bridgehead atoms. The minimum absolute atomic E-state index is 0.00756. The second kappa shape index (κ2) is 11.2. The van der Waals surface area contributed by atoms with Crippen LogP contribution in [0.5, 0.6) is 0 Å². The lowest BCUT2D eigenvalue weighted by molar-refractivity contribution is -0.117. The molecule has 4 aromatic rings.